The van der Waals surface area contributed by atoms with Crippen molar-refractivity contribution >= 4 is 35.4 Å². The maximum atomic E-state index is 10.8. The minimum absolute atomic E-state index is 0.570. The Morgan fingerprint density at radius 2 is 2.35 bits per heavy atom. The van der Waals surface area contributed by atoms with Gasteiger partial charge in [-0.15, -0.1) is 0 Å². The Kier molecular flexibility index (Phi) is 6.09. The summed E-state index contributed by atoms with van der Waals surface area (Å²) in [5, 5.41) is -0.808. The number of nitrogens with one attached hydrogen (secondary N) is 3. The number of rotatable bonds is 7. The van der Waals surface area contributed by atoms with E-state index < -0.39 is 11.0 Å². The number of thioether (sulfide) groups is 1. The molecule has 1 aromatic heterocycles. The molecular formula is C9H14N4O2S2. The summed E-state index contributed by atoms with van der Waals surface area (Å²) in [5.41, 5.74) is 6.98. The second kappa shape index (κ2) is 7.36. The molecule has 0 bridgehead atoms. The highest BCUT2D eigenvalue weighted by atomic mass is 32.2. The molecule has 3 N–H and O–H groups in total. The zero-order valence-electron chi connectivity index (χ0n) is 9.32. The van der Waals surface area contributed by atoms with E-state index in [1.165, 1.54) is 0 Å². The van der Waals surface area contributed by atoms with Crippen LogP contribution in [0, 0.1) is 6.92 Å². The first-order chi connectivity index (χ1) is 8.11. The van der Waals surface area contributed by atoms with Gasteiger partial charge in [-0.05, 0) is 6.92 Å². The lowest BCUT2D eigenvalue weighted by Gasteiger charge is -2.04. The topological polar surface area (TPSA) is 86.9 Å². The molecule has 17 heavy (non-hydrogen) atoms. The number of imidazole rings is 1. The van der Waals surface area contributed by atoms with Crippen molar-refractivity contribution in [2.24, 2.45) is 0 Å². The average Bonchev–Trinajstić information content (AvgIpc) is 2.68. The lowest BCUT2D eigenvalue weighted by Crippen LogP contribution is -2.41. The third kappa shape index (κ3) is 5.24. The fourth-order valence-corrected chi connectivity index (χ4v) is 1.95. The van der Waals surface area contributed by atoms with Gasteiger partial charge in [0, 0.05) is 23.7 Å². The summed E-state index contributed by atoms with van der Waals surface area (Å²) in [6.45, 7) is 2.54. The van der Waals surface area contributed by atoms with E-state index in [1.54, 1.807) is 18.1 Å². The zero-order valence-corrected chi connectivity index (χ0v) is 11.0. The molecule has 94 valence electrons. The van der Waals surface area contributed by atoms with Crippen LogP contribution in [0.25, 0.3) is 0 Å². The van der Waals surface area contributed by atoms with Crippen molar-refractivity contribution in [3.05, 3.63) is 17.7 Å². The largest absolute Gasteiger partial charge is 0.348 e. The van der Waals surface area contributed by atoms with Gasteiger partial charge >= 0.3 is 5.91 Å². The molecule has 0 aliphatic heterocycles. The van der Waals surface area contributed by atoms with Gasteiger partial charge in [0.2, 0.25) is 0 Å². The first kappa shape index (κ1) is 14.1. The summed E-state index contributed by atoms with van der Waals surface area (Å²) in [4.78, 5) is 28.4. The summed E-state index contributed by atoms with van der Waals surface area (Å²) in [6.07, 6.45) is 1.67. The van der Waals surface area contributed by atoms with Crippen molar-refractivity contribution in [1.29, 1.82) is 0 Å². The first-order valence-electron chi connectivity index (χ1n) is 4.94. The Labute approximate surface area is 109 Å². The van der Waals surface area contributed by atoms with E-state index in [9.17, 15) is 9.59 Å². The molecule has 0 radical (unpaired) electrons. The Balaban J connectivity index is 2.04. The van der Waals surface area contributed by atoms with Gasteiger partial charge in [-0.3, -0.25) is 15.0 Å². The van der Waals surface area contributed by atoms with Crippen LogP contribution in [-0.4, -0.2) is 33.3 Å². The number of thiol groups is 1. The Hall–Kier alpha value is -0.990. The second-order valence-corrected chi connectivity index (χ2v) is 4.72. The van der Waals surface area contributed by atoms with Crippen LogP contribution in [0.4, 0.5) is 0 Å². The van der Waals surface area contributed by atoms with Crippen LogP contribution in [-0.2, 0) is 15.3 Å². The predicted molar refractivity (Wildman–Crippen MR) is 69.6 cm³/mol. The molecule has 1 aromatic rings. The van der Waals surface area contributed by atoms with Gasteiger partial charge in [0.05, 0.1) is 12.0 Å². The maximum absolute atomic E-state index is 10.8. The number of aromatic nitrogens is 2. The average molecular weight is 274 g/mol. The molecule has 1 rings (SSSR count). The summed E-state index contributed by atoms with van der Waals surface area (Å²) < 4.78 is 0. The molecule has 0 aliphatic carbocycles. The molecule has 0 atom stereocenters. The van der Waals surface area contributed by atoms with Crippen molar-refractivity contribution in [2.75, 3.05) is 12.3 Å². The molecule has 0 unspecified atom stereocenters. The van der Waals surface area contributed by atoms with Crippen LogP contribution in [0.1, 0.15) is 11.4 Å². The van der Waals surface area contributed by atoms with E-state index in [-0.39, 0.29) is 0 Å². The Bertz CT molecular complexity index is 394. The molecule has 0 saturated carbocycles. The van der Waals surface area contributed by atoms with Crippen molar-refractivity contribution in [3.8, 4) is 0 Å². The number of aryl methyl sites for hydroxylation is 1. The van der Waals surface area contributed by atoms with E-state index in [1.807, 2.05) is 6.92 Å². The lowest BCUT2D eigenvalue weighted by molar-refractivity contribution is -0.133. The molecule has 8 heteroatoms. The summed E-state index contributed by atoms with van der Waals surface area (Å²) in [6, 6.07) is 0. The van der Waals surface area contributed by atoms with Gasteiger partial charge in [-0.2, -0.15) is 11.8 Å². The second-order valence-electron chi connectivity index (χ2n) is 3.21. The van der Waals surface area contributed by atoms with Gasteiger partial charge in [0.25, 0.3) is 5.12 Å². The van der Waals surface area contributed by atoms with Crippen LogP contribution < -0.4 is 10.9 Å². The maximum Gasteiger partial charge on any atom is 0.312 e. The van der Waals surface area contributed by atoms with E-state index in [0.717, 1.165) is 22.9 Å². The van der Waals surface area contributed by atoms with Crippen LogP contribution in [0.5, 0.6) is 0 Å². The highest BCUT2D eigenvalue weighted by Crippen LogP contribution is 2.11. The molecule has 0 saturated heterocycles. The van der Waals surface area contributed by atoms with Crippen LogP contribution in [0.15, 0.2) is 6.33 Å². The molecule has 1 amide bonds. The van der Waals surface area contributed by atoms with E-state index in [2.05, 4.69) is 33.4 Å². The summed E-state index contributed by atoms with van der Waals surface area (Å²) >= 11 is 5.07. The van der Waals surface area contributed by atoms with E-state index >= 15 is 0 Å². The minimum Gasteiger partial charge on any atom is -0.348 e. The van der Waals surface area contributed by atoms with E-state index in [4.69, 9.17) is 0 Å². The fraction of sp³-hybridized carbons (Fsp3) is 0.444. The van der Waals surface area contributed by atoms with Gasteiger partial charge < -0.3 is 4.98 Å². The number of hydrogen-bond donors (Lipinski definition) is 4. The third-order valence-corrected chi connectivity index (χ3v) is 3.11. The molecule has 0 aromatic carbocycles. The smallest absolute Gasteiger partial charge is 0.312 e. The van der Waals surface area contributed by atoms with Gasteiger partial charge in [-0.25, -0.2) is 10.4 Å². The van der Waals surface area contributed by atoms with Gasteiger partial charge in [-0.1, -0.05) is 12.6 Å². The number of carbonyl (C=O) groups excluding carboxylic acids is 2. The molecular weight excluding hydrogens is 260 g/mol. The molecule has 0 fully saturated rings. The summed E-state index contributed by atoms with van der Waals surface area (Å²) in [5.74, 6) is 0.866. The van der Waals surface area contributed by atoms with Crippen LogP contribution >= 0.6 is 24.4 Å². The quantitative estimate of drug-likeness (QED) is 0.244. The number of hydrogen-bond acceptors (Lipinski definition) is 5. The highest BCUT2D eigenvalue weighted by molar-refractivity contribution is 7.99. The SMILES string of the molecule is Cc1[nH]cnc1CSCCNNC(=O)C(=O)S. The minimum atomic E-state index is -0.808. The third-order valence-electron chi connectivity index (χ3n) is 1.94. The normalized spacial score (nSPS) is 10.2. The van der Waals surface area contributed by atoms with Crippen molar-refractivity contribution in [3.63, 3.8) is 0 Å². The zero-order chi connectivity index (χ0) is 12.7. The number of H-pyrrole nitrogens is 1. The van der Waals surface area contributed by atoms with Crippen molar-refractivity contribution < 1.29 is 9.59 Å². The number of amides is 1. The number of carbonyl (C=O) groups is 2. The monoisotopic (exact) mass is 274 g/mol. The summed E-state index contributed by atoms with van der Waals surface area (Å²) in [7, 11) is 0. The standard InChI is InChI=1S/C9H14N4O2S2/c1-6-7(11-5-10-6)4-17-3-2-12-13-8(14)9(15)16/h5,12H,2-4H2,1H3,(H,10,11)(H,13,14)(H,15,16). The molecule has 0 aliphatic rings. The van der Waals surface area contributed by atoms with Gasteiger partial charge in [0.15, 0.2) is 0 Å². The Morgan fingerprint density at radius 1 is 1.59 bits per heavy atom. The molecule has 6 nitrogen and oxygen atoms in total. The Morgan fingerprint density at radius 3 is 2.94 bits per heavy atom. The predicted octanol–water partition coefficient (Wildman–Crippen LogP) is 0.0285. The molecule has 1 heterocycles. The number of nitrogens with zero attached hydrogens (tertiary/aromatic N) is 1. The lowest BCUT2D eigenvalue weighted by atomic mass is 10.4. The number of aromatic amines is 1. The molecule has 0 spiro atoms. The highest BCUT2D eigenvalue weighted by Gasteiger charge is 2.06. The fourth-order valence-electron chi connectivity index (χ4n) is 1.02. The van der Waals surface area contributed by atoms with Crippen molar-refractivity contribution in [2.45, 2.75) is 12.7 Å². The van der Waals surface area contributed by atoms with Crippen LogP contribution in [0.3, 0.4) is 0 Å². The first-order valence-corrected chi connectivity index (χ1v) is 6.54. The van der Waals surface area contributed by atoms with Crippen LogP contribution in [0.2, 0.25) is 0 Å². The van der Waals surface area contributed by atoms with Gasteiger partial charge in [0.1, 0.15) is 0 Å². The van der Waals surface area contributed by atoms with E-state index in [0.29, 0.717) is 6.54 Å². The van der Waals surface area contributed by atoms with Crippen molar-refractivity contribution in [1.82, 2.24) is 20.8 Å². The number of hydrazine groups is 1.